The molecule has 0 atom stereocenters. The van der Waals surface area contributed by atoms with Crippen molar-refractivity contribution in [1.82, 2.24) is 19.3 Å². The number of nitrogens with zero attached hydrogens (tertiary/aromatic N) is 3. The molecule has 0 unspecified atom stereocenters. The summed E-state index contributed by atoms with van der Waals surface area (Å²) in [6, 6.07) is 15.0. The van der Waals surface area contributed by atoms with E-state index in [4.69, 9.17) is 0 Å². The van der Waals surface area contributed by atoms with Gasteiger partial charge < -0.3 is 9.88 Å². The molecule has 30 heavy (non-hydrogen) atoms. The monoisotopic (exact) mass is 404 g/mol. The van der Waals surface area contributed by atoms with Crippen LogP contribution in [-0.4, -0.2) is 25.9 Å². The normalized spacial score (nSPS) is 14.6. The fourth-order valence-corrected chi connectivity index (χ4v) is 4.28. The Kier molecular flexibility index (Phi) is 4.58. The SMILES string of the molecule is O=C(Cn1c2ccccc2n2c(=O)cc(-c3ccc(F)cc3)nc12)NC1CCCC1. The zero-order valence-electron chi connectivity index (χ0n) is 16.3. The summed E-state index contributed by atoms with van der Waals surface area (Å²) in [5.74, 6) is -0.0505. The molecule has 1 fully saturated rings. The number of carbonyl (C=O) groups is 1. The second kappa shape index (κ2) is 7.40. The first-order chi connectivity index (χ1) is 14.6. The summed E-state index contributed by atoms with van der Waals surface area (Å²) in [7, 11) is 0. The van der Waals surface area contributed by atoms with E-state index < -0.39 is 0 Å². The molecule has 152 valence electrons. The van der Waals surface area contributed by atoms with Gasteiger partial charge in [-0.05, 0) is 49.2 Å². The number of halogens is 1. The van der Waals surface area contributed by atoms with Crippen LogP contribution in [0, 0.1) is 5.82 Å². The van der Waals surface area contributed by atoms with Gasteiger partial charge in [0.2, 0.25) is 11.7 Å². The summed E-state index contributed by atoms with van der Waals surface area (Å²) >= 11 is 0. The van der Waals surface area contributed by atoms with Gasteiger partial charge in [-0.3, -0.25) is 9.59 Å². The Hall–Kier alpha value is -3.48. The van der Waals surface area contributed by atoms with E-state index in [1.165, 1.54) is 22.6 Å². The fraction of sp³-hybridized carbons (Fsp3) is 0.261. The van der Waals surface area contributed by atoms with Crippen molar-refractivity contribution < 1.29 is 9.18 Å². The number of para-hydroxylation sites is 2. The molecule has 1 aliphatic carbocycles. The zero-order chi connectivity index (χ0) is 20.7. The van der Waals surface area contributed by atoms with Gasteiger partial charge in [0.05, 0.1) is 16.7 Å². The Bertz CT molecular complexity index is 1300. The van der Waals surface area contributed by atoms with Crippen molar-refractivity contribution in [1.29, 1.82) is 0 Å². The van der Waals surface area contributed by atoms with Crippen molar-refractivity contribution >= 4 is 22.7 Å². The maximum absolute atomic E-state index is 13.3. The molecule has 2 heterocycles. The van der Waals surface area contributed by atoms with Crippen LogP contribution < -0.4 is 10.9 Å². The van der Waals surface area contributed by atoms with Crippen LogP contribution in [0.15, 0.2) is 59.4 Å². The molecular formula is C23H21FN4O2. The molecule has 0 bridgehead atoms. The number of benzene rings is 2. The molecule has 2 aromatic carbocycles. The average Bonchev–Trinajstić information content (AvgIpc) is 3.35. The molecule has 7 heteroatoms. The molecule has 0 radical (unpaired) electrons. The minimum Gasteiger partial charge on any atom is -0.352 e. The van der Waals surface area contributed by atoms with Crippen LogP contribution in [0.1, 0.15) is 25.7 Å². The van der Waals surface area contributed by atoms with Gasteiger partial charge in [-0.1, -0.05) is 25.0 Å². The maximum atomic E-state index is 13.3. The van der Waals surface area contributed by atoms with Crippen molar-refractivity contribution in [3.8, 4) is 11.3 Å². The van der Waals surface area contributed by atoms with E-state index in [-0.39, 0.29) is 29.9 Å². The summed E-state index contributed by atoms with van der Waals surface area (Å²) in [6.45, 7) is 0.0762. The Morgan fingerprint density at radius 2 is 1.77 bits per heavy atom. The number of nitrogens with one attached hydrogen (secondary N) is 1. The van der Waals surface area contributed by atoms with Gasteiger partial charge in [-0.15, -0.1) is 0 Å². The molecule has 5 rings (SSSR count). The predicted molar refractivity (Wildman–Crippen MR) is 113 cm³/mol. The minimum atomic E-state index is -0.353. The van der Waals surface area contributed by atoms with E-state index in [0.29, 0.717) is 22.6 Å². The van der Waals surface area contributed by atoms with E-state index in [1.54, 1.807) is 16.7 Å². The van der Waals surface area contributed by atoms with Crippen molar-refractivity contribution in [2.75, 3.05) is 0 Å². The Balaban J connectivity index is 1.64. The Labute approximate surface area is 172 Å². The number of fused-ring (bicyclic) bond motifs is 3. The van der Waals surface area contributed by atoms with Crippen LogP contribution in [-0.2, 0) is 11.3 Å². The highest BCUT2D eigenvalue weighted by atomic mass is 19.1. The number of hydrogen-bond acceptors (Lipinski definition) is 3. The smallest absolute Gasteiger partial charge is 0.260 e. The molecule has 1 N–H and O–H groups in total. The molecule has 0 spiro atoms. The first-order valence-electron chi connectivity index (χ1n) is 10.2. The van der Waals surface area contributed by atoms with Crippen LogP contribution >= 0.6 is 0 Å². The van der Waals surface area contributed by atoms with E-state index in [1.807, 2.05) is 24.3 Å². The fourth-order valence-electron chi connectivity index (χ4n) is 4.28. The lowest BCUT2D eigenvalue weighted by atomic mass is 10.1. The van der Waals surface area contributed by atoms with E-state index in [0.717, 1.165) is 31.2 Å². The molecule has 1 amide bonds. The summed E-state index contributed by atoms with van der Waals surface area (Å²) in [5.41, 5.74) is 2.30. The Morgan fingerprint density at radius 3 is 2.50 bits per heavy atom. The third kappa shape index (κ3) is 3.26. The zero-order valence-corrected chi connectivity index (χ0v) is 16.3. The molecule has 1 aliphatic rings. The minimum absolute atomic E-state index is 0.0762. The van der Waals surface area contributed by atoms with Gasteiger partial charge in [0.15, 0.2) is 0 Å². The number of imidazole rings is 1. The average molecular weight is 404 g/mol. The van der Waals surface area contributed by atoms with E-state index >= 15 is 0 Å². The molecule has 1 saturated carbocycles. The topological polar surface area (TPSA) is 68.4 Å². The standard InChI is InChI=1S/C23H21FN4O2/c24-16-11-9-15(10-12-16)18-13-22(30)28-20-8-4-3-7-19(20)27(23(28)26-18)14-21(29)25-17-5-1-2-6-17/h3-4,7-13,17H,1-2,5-6,14H2,(H,25,29). The summed E-state index contributed by atoms with van der Waals surface area (Å²) in [6.07, 6.45) is 4.29. The van der Waals surface area contributed by atoms with Crippen LogP contribution in [0.5, 0.6) is 0 Å². The summed E-state index contributed by atoms with van der Waals surface area (Å²) < 4.78 is 16.6. The highest BCUT2D eigenvalue weighted by Gasteiger charge is 2.20. The van der Waals surface area contributed by atoms with Crippen molar-refractivity contribution in [3.05, 3.63) is 70.8 Å². The second-order valence-electron chi connectivity index (χ2n) is 7.75. The number of aromatic nitrogens is 3. The van der Waals surface area contributed by atoms with Gasteiger partial charge in [0.1, 0.15) is 12.4 Å². The Morgan fingerprint density at radius 1 is 1.07 bits per heavy atom. The quantitative estimate of drug-likeness (QED) is 0.566. The van der Waals surface area contributed by atoms with E-state index in [2.05, 4.69) is 10.3 Å². The predicted octanol–water partition coefficient (Wildman–Crippen LogP) is 3.51. The first kappa shape index (κ1) is 18.5. The number of amides is 1. The van der Waals surface area contributed by atoms with Gasteiger partial charge in [-0.2, -0.15) is 0 Å². The van der Waals surface area contributed by atoms with Crippen molar-refractivity contribution in [2.24, 2.45) is 0 Å². The van der Waals surface area contributed by atoms with Crippen LogP contribution in [0.3, 0.4) is 0 Å². The largest absolute Gasteiger partial charge is 0.352 e. The number of rotatable bonds is 4. The summed E-state index contributed by atoms with van der Waals surface area (Å²) in [4.78, 5) is 30.4. The molecule has 0 saturated heterocycles. The van der Waals surface area contributed by atoms with Crippen LogP contribution in [0.2, 0.25) is 0 Å². The number of carbonyl (C=O) groups excluding carboxylic acids is 1. The lowest BCUT2D eigenvalue weighted by Gasteiger charge is -2.13. The van der Waals surface area contributed by atoms with Gasteiger partial charge in [-0.25, -0.2) is 13.8 Å². The third-order valence-electron chi connectivity index (χ3n) is 5.72. The van der Waals surface area contributed by atoms with Gasteiger partial charge >= 0.3 is 0 Å². The van der Waals surface area contributed by atoms with Crippen molar-refractivity contribution in [2.45, 2.75) is 38.3 Å². The lowest BCUT2D eigenvalue weighted by molar-refractivity contribution is -0.122. The molecule has 2 aromatic heterocycles. The third-order valence-corrected chi connectivity index (χ3v) is 5.72. The lowest BCUT2D eigenvalue weighted by Crippen LogP contribution is -2.35. The highest BCUT2D eigenvalue weighted by molar-refractivity contribution is 5.85. The van der Waals surface area contributed by atoms with Gasteiger partial charge in [0.25, 0.3) is 5.56 Å². The van der Waals surface area contributed by atoms with Gasteiger partial charge in [0, 0.05) is 17.7 Å². The molecular weight excluding hydrogens is 383 g/mol. The highest BCUT2D eigenvalue weighted by Crippen LogP contribution is 2.22. The summed E-state index contributed by atoms with van der Waals surface area (Å²) in [5, 5.41) is 3.10. The van der Waals surface area contributed by atoms with Crippen molar-refractivity contribution in [3.63, 3.8) is 0 Å². The first-order valence-corrected chi connectivity index (χ1v) is 10.2. The van der Waals surface area contributed by atoms with Crippen LogP contribution in [0.25, 0.3) is 28.1 Å². The maximum Gasteiger partial charge on any atom is 0.260 e. The second-order valence-corrected chi connectivity index (χ2v) is 7.75. The van der Waals surface area contributed by atoms with Crippen LogP contribution in [0.4, 0.5) is 4.39 Å². The van der Waals surface area contributed by atoms with E-state index in [9.17, 15) is 14.0 Å². The number of hydrogen-bond donors (Lipinski definition) is 1. The molecule has 6 nitrogen and oxygen atoms in total. The molecule has 4 aromatic rings. The molecule has 0 aliphatic heterocycles.